The van der Waals surface area contributed by atoms with E-state index in [0.717, 1.165) is 30.9 Å². The van der Waals surface area contributed by atoms with Crippen LogP contribution in [0.4, 0.5) is 11.4 Å². The van der Waals surface area contributed by atoms with Crippen LogP contribution >= 0.6 is 11.8 Å². The van der Waals surface area contributed by atoms with Crippen LogP contribution in [0, 0.1) is 0 Å². The van der Waals surface area contributed by atoms with E-state index in [2.05, 4.69) is 41.3 Å². The molecule has 0 radical (unpaired) electrons. The zero-order valence-corrected chi connectivity index (χ0v) is 17.0. The van der Waals surface area contributed by atoms with E-state index in [-0.39, 0.29) is 11.8 Å². The minimum Gasteiger partial charge on any atom is -0.341 e. The lowest BCUT2D eigenvalue weighted by Gasteiger charge is -2.33. The molecule has 0 N–H and O–H groups in total. The van der Waals surface area contributed by atoms with Gasteiger partial charge in [0, 0.05) is 55.9 Å². The average molecular weight is 396 g/mol. The number of anilines is 2. The third kappa shape index (κ3) is 3.87. The van der Waals surface area contributed by atoms with E-state index in [9.17, 15) is 9.59 Å². The van der Waals surface area contributed by atoms with Gasteiger partial charge in [-0.05, 0) is 30.7 Å². The van der Waals surface area contributed by atoms with Crippen molar-refractivity contribution in [3.8, 4) is 0 Å². The second-order valence-corrected chi connectivity index (χ2v) is 8.26. The standard InChI is InChI=1S/C22H25N3O2S/c1-17(26)23-12-6-13-24(16-15-23)22(27)11-14-25-18-7-2-4-9-20(18)28-21-10-5-3-8-19(21)25/h2-5,7-10H,6,11-16H2,1H3. The molecule has 2 aromatic rings. The number of rotatable bonds is 3. The van der Waals surface area contributed by atoms with Gasteiger partial charge in [0.05, 0.1) is 11.4 Å². The van der Waals surface area contributed by atoms with Gasteiger partial charge in [-0.2, -0.15) is 0 Å². The van der Waals surface area contributed by atoms with E-state index in [1.54, 1.807) is 18.7 Å². The van der Waals surface area contributed by atoms with Gasteiger partial charge in [0.1, 0.15) is 0 Å². The minimum absolute atomic E-state index is 0.0910. The molecule has 5 nitrogen and oxygen atoms in total. The highest BCUT2D eigenvalue weighted by Crippen LogP contribution is 2.47. The van der Waals surface area contributed by atoms with Gasteiger partial charge in [0.15, 0.2) is 0 Å². The van der Waals surface area contributed by atoms with Crippen molar-refractivity contribution in [2.45, 2.75) is 29.6 Å². The fourth-order valence-electron chi connectivity index (χ4n) is 3.87. The number of hydrogen-bond acceptors (Lipinski definition) is 4. The second kappa shape index (κ2) is 8.27. The number of amides is 2. The zero-order chi connectivity index (χ0) is 19.5. The lowest BCUT2D eigenvalue weighted by molar-refractivity contribution is -0.132. The number of benzene rings is 2. The Morgan fingerprint density at radius 3 is 2.07 bits per heavy atom. The molecule has 0 aromatic heterocycles. The fraction of sp³-hybridized carbons (Fsp3) is 0.364. The van der Waals surface area contributed by atoms with Crippen LogP contribution in [0.5, 0.6) is 0 Å². The Morgan fingerprint density at radius 2 is 1.43 bits per heavy atom. The van der Waals surface area contributed by atoms with E-state index in [4.69, 9.17) is 0 Å². The molecule has 28 heavy (non-hydrogen) atoms. The average Bonchev–Trinajstić information content (AvgIpc) is 2.97. The normalized spacial score (nSPS) is 16.2. The Kier molecular flexibility index (Phi) is 5.57. The van der Waals surface area contributed by atoms with Crippen LogP contribution in [0.2, 0.25) is 0 Å². The van der Waals surface area contributed by atoms with E-state index in [0.29, 0.717) is 26.1 Å². The molecule has 0 atom stereocenters. The molecule has 146 valence electrons. The third-order valence-corrected chi connectivity index (χ3v) is 6.51. The number of nitrogens with zero attached hydrogens (tertiary/aromatic N) is 3. The summed E-state index contributed by atoms with van der Waals surface area (Å²) < 4.78 is 0. The predicted octanol–water partition coefficient (Wildman–Crippen LogP) is 3.76. The first-order valence-electron chi connectivity index (χ1n) is 9.80. The van der Waals surface area contributed by atoms with Crippen LogP contribution in [-0.2, 0) is 9.59 Å². The monoisotopic (exact) mass is 395 g/mol. The van der Waals surface area contributed by atoms with Crippen LogP contribution in [0.25, 0.3) is 0 Å². The molecule has 2 aliphatic heterocycles. The highest BCUT2D eigenvalue weighted by Gasteiger charge is 2.25. The Hall–Kier alpha value is -2.47. The van der Waals surface area contributed by atoms with Crippen LogP contribution in [0.3, 0.4) is 0 Å². The van der Waals surface area contributed by atoms with Gasteiger partial charge < -0.3 is 14.7 Å². The van der Waals surface area contributed by atoms with Crippen molar-refractivity contribution in [2.75, 3.05) is 37.6 Å². The summed E-state index contributed by atoms with van der Waals surface area (Å²) in [5.41, 5.74) is 2.33. The van der Waals surface area contributed by atoms with Crippen molar-refractivity contribution in [1.82, 2.24) is 9.80 Å². The Labute approximate surface area is 170 Å². The number of carbonyl (C=O) groups excluding carboxylic acids is 2. The van der Waals surface area contributed by atoms with Crippen molar-refractivity contribution in [3.63, 3.8) is 0 Å². The van der Waals surface area contributed by atoms with Crippen LogP contribution in [0.15, 0.2) is 58.3 Å². The van der Waals surface area contributed by atoms with Crippen LogP contribution in [0.1, 0.15) is 19.8 Å². The molecule has 0 unspecified atom stereocenters. The summed E-state index contributed by atoms with van der Waals surface area (Å²) >= 11 is 1.78. The van der Waals surface area contributed by atoms with Crippen molar-refractivity contribution >= 4 is 35.0 Å². The summed E-state index contributed by atoms with van der Waals surface area (Å²) in [6.07, 6.45) is 1.31. The van der Waals surface area contributed by atoms with Gasteiger partial charge in [-0.3, -0.25) is 9.59 Å². The zero-order valence-electron chi connectivity index (χ0n) is 16.1. The number of fused-ring (bicyclic) bond motifs is 2. The highest BCUT2D eigenvalue weighted by molar-refractivity contribution is 7.99. The number of hydrogen-bond donors (Lipinski definition) is 0. The van der Waals surface area contributed by atoms with E-state index in [1.165, 1.54) is 9.79 Å². The first kappa shape index (κ1) is 18.9. The van der Waals surface area contributed by atoms with Crippen molar-refractivity contribution in [3.05, 3.63) is 48.5 Å². The van der Waals surface area contributed by atoms with Crippen LogP contribution in [-0.4, -0.2) is 54.3 Å². The Balaban J connectivity index is 1.46. The molecular weight excluding hydrogens is 370 g/mol. The third-order valence-electron chi connectivity index (χ3n) is 5.38. The number of carbonyl (C=O) groups is 2. The van der Waals surface area contributed by atoms with E-state index < -0.39 is 0 Å². The van der Waals surface area contributed by atoms with Gasteiger partial charge in [-0.25, -0.2) is 0 Å². The van der Waals surface area contributed by atoms with Gasteiger partial charge in [-0.1, -0.05) is 36.0 Å². The smallest absolute Gasteiger partial charge is 0.224 e. The second-order valence-electron chi connectivity index (χ2n) is 7.18. The van der Waals surface area contributed by atoms with Gasteiger partial charge in [0.25, 0.3) is 0 Å². The first-order chi connectivity index (χ1) is 13.6. The maximum Gasteiger partial charge on any atom is 0.224 e. The Bertz CT molecular complexity index is 840. The summed E-state index contributed by atoms with van der Waals surface area (Å²) in [6, 6.07) is 16.7. The molecule has 2 heterocycles. The summed E-state index contributed by atoms with van der Waals surface area (Å²) in [7, 11) is 0. The van der Waals surface area contributed by atoms with Gasteiger partial charge >= 0.3 is 0 Å². The predicted molar refractivity (Wildman–Crippen MR) is 112 cm³/mol. The summed E-state index contributed by atoms with van der Waals surface area (Å²) in [5, 5.41) is 0. The molecule has 2 aromatic carbocycles. The van der Waals surface area contributed by atoms with E-state index >= 15 is 0 Å². The molecule has 4 rings (SSSR count). The molecule has 0 saturated carbocycles. The molecule has 6 heteroatoms. The van der Waals surface area contributed by atoms with Crippen LogP contribution < -0.4 is 4.90 Å². The molecule has 0 spiro atoms. The van der Waals surface area contributed by atoms with Gasteiger partial charge in [-0.15, -0.1) is 0 Å². The lowest BCUT2D eigenvalue weighted by atomic mass is 10.2. The molecule has 1 fully saturated rings. The minimum atomic E-state index is 0.0910. The lowest BCUT2D eigenvalue weighted by Crippen LogP contribution is -2.37. The first-order valence-corrected chi connectivity index (χ1v) is 10.6. The largest absolute Gasteiger partial charge is 0.341 e. The summed E-state index contributed by atoms with van der Waals surface area (Å²) in [5.74, 6) is 0.256. The molecule has 1 saturated heterocycles. The van der Waals surface area contributed by atoms with E-state index in [1.807, 2.05) is 21.9 Å². The number of para-hydroxylation sites is 2. The maximum absolute atomic E-state index is 12.9. The van der Waals surface area contributed by atoms with Crippen molar-refractivity contribution < 1.29 is 9.59 Å². The summed E-state index contributed by atoms with van der Waals surface area (Å²) in [6.45, 7) is 4.98. The molecule has 0 bridgehead atoms. The van der Waals surface area contributed by atoms with Gasteiger partial charge in [0.2, 0.25) is 11.8 Å². The molecular formula is C22H25N3O2S. The molecule has 0 aliphatic carbocycles. The quantitative estimate of drug-likeness (QED) is 0.794. The fourth-order valence-corrected chi connectivity index (χ4v) is 4.97. The highest BCUT2D eigenvalue weighted by atomic mass is 32.2. The maximum atomic E-state index is 12.9. The summed E-state index contributed by atoms with van der Waals surface area (Å²) in [4.78, 5) is 33.0. The molecule has 2 aliphatic rings. The van der Waals surface area contributed by atoms with Crippen molar-refractivity contribution in [1.29, 1.82) is 0 Å². The topological polar surface area (TPSA) is 43.9 Å². The van der Waals surface area contributed by atoms with Crippen molar-refractivity contribution in [2.24, 2.45) is 0 Å². The molecule has 2 amide bonds. The SMILES string of the molecule is CC(=O)N1CCCN(C(=O)CCN2c3ccccc3Sc3ccccc32)CC1. The Morgan fingerprint density at radius 1 is 0.857 bits per heavy atom.